The highest BCUT2D eigenvalue weighted by Crippen LogP contribution is 2.16. The van der Waals surface area contributed by atoms with Crippen molar-refractivity contribution in [3.05, 3.63) is 42.0 Å². The molecule has 1 fully saturated rings. The summed E-state index contributed by atoms with van der Waals surface area (Å²) in [5.74, 6) is -0.222. The Morgan fingerprint density at radius 3 is 2.72 bits per heavy atom. The van der Waals surface area contributed by atoms with Gasteiger partial charge in [0.2, 0.25) is 5.91 Å². The lowest BCUT2D eigenvalue weighted by Crippen LogP contribution is -2.49. The zero-order valence-electron chi connectivity index (χ0n) is 14.3. The molecule has 1 aromatic carbocycles. The van der Waals surface area contributed by atoms with E-state index < -0.39 is 5.82 Å². The van der Waals surface area contributed by atoms with Gasteiger partial charge in [-0.25, -0.2) is 9.07 Å². The summed E-state index contributed by atoms with van der Waals surface area (Å²) in [5.41, 5.74) is 0.548. The first-order valence-corrected chi connectivity index (χ1v) is 8.42. The van der Waals surface area contributed by atoms with E-state index in [0.717, 1.165) is 32.7 Å². The Morgan fingerprint density at radius 1 is 1.24 bits per heavy atom. The molecule has 0 saturated carbocycles. The van der Waals surface area contributed by atoms with E-state index in [1.165, 1.54) is 10.7 Å². The van der Waals surface area contributed by atoms with E-state index in [9.17, 15) is 9.18 Å². The third-order valence-electron chi connectivity index (χ3n) is 4.27. The monoisotopic (exact) mass is 347 g/mol. The van der Waals surface area contributed by atoms with Crippen LogP contribution in [0, 0.1) is 5.82 Å². The first kappa shape index (κ1) is 17.3. The van der Waals surface area contributed by atoms with Gasteiger partial charge in [0.15, 0.2) is 11.6 Å². The van der Waals surface area contributed by atoms with E-state index in [-0.39, 0.29) is 24.8 Å². The summed E-state index contributed by atoms with van der Waals surface area (Å²) in [5, 5.41) is 7.92. The van der Waals surface area contributed by atoms with Crippen LogP contribution in [0.3, 0.4) is 0 Å². The molecule has 0 bridgehead atoms. The Hall–Kier alpha value is -2.48. The van der Waals surface area contributed by atoms with E-state index in [0.29, 0.717) is 5.69 Å². The molecule has 1 aliphatic heterocycles. The fourth-order valence-corrected chi connectivity index (χ4v) is 2.75. The van der Waals surface area contributed by atoms with Crippen LogP contribution in [0.4, 0.5) is 4.39 Å². The van der Waals surface area contributed by atoms with Crippen LogP contribution in [0.2, 0.25) is 0 Å². The van der Waals surface area contributed by atoms with E-state index in [4.69, 9.17) is 4.74 Å². The standard InChI is InChI=1S/C17H22FN5O2/c1-2-21-7-9-22(10-8-21)17(24)12-23-11-14(19-20-23)13-25-16-6-4-3-5-15(16)18/h3-6,11H,2,7-10,12-13H2,1H3. The Balaban J connectivity index is 1.50. The average molecular weight is 347 g/mol. The predicted octanol–water partition coefficient (Wildman–Crippen LogP) is 1.16. The minimum absolute atomic E-state index is 0.0298. The smallest absolute Gasteiger partial charge is 0.244 e. The van der Waals surface area contributed by atoms with Crippen LogP contribution in [0.1, 0.15) is 12.6 Å². The van der Waals surface area contributed by atoms with Crippen molar-refractivity contribution in [3.8, 4) is 5.75 Å². The molecule has 1 aliphatic rings. The summed E-state index contributed by atoms with van der Waals surface area (Å²) < 4.78 is 20.4. The largest absolute Gasteiger partial charge is 0.484 e. The molecule has 0 radical (unpaired) electrons. The number of ether oxygens (including phenoxy) is 1. The Morgan fingerprint density at radius 2 is 2.00 bits per heavy atom. The second kappa shape index (κ2) is 8.06. The van der Waals surface area contributed by atoms with Crippen molar-refractivity contribution in [2.24, 2.45) is 0 Å². The maximum absolute atomic E-state index is 13.5. The van der Waals surface area contributed by atoms with E-state index in [1.807, 2.05) is 4.90 Å². The Kier molecular flexibility index (Phi) is 5.60. The molecule has 0 aliphatic carbocycles. The molecule has 2 aromatic rings. The van der Waals surface area contributed by atoms with Gasteiger partial charge in [0.1, 0.15) is 18.8 Å². The van der Waals surface area contributed by atoms with Gasteiger partial charge in [0.05, 0.1) is 6.20 Å². The first-order chi connectivity index (χ1) is 12.2. The molecule has 0 atom stereocenters. The third-order valence-corrected chi connectivity index (χ3v) is 4.27. The lowest BCUT2D eigenvalue weighted by molar-refractivity contribution is -0.133. The molecule has 0 unspecified atom stereocenters. The highest BCUT2D eigenvalue weighted by Gasteiger charge is 2.20. The van der Waals surface area contributed by atoms with Crippen molar-refractivity contribution in [2.45, 2.75) is 20.1 Å². The molecule has 0 spiro atoms. The van der Waals surface area contributed by atoms with Gasteiger partial charge in [0.25, 0.3) is 0 Å². The molecule has 7 nitrogen and oxygen atoms in total. The van der Waals surface area contributed by atoms with Gasteiger partial charge in [0, 0.05) is 26.2 Å². The number of benzene rings is 1. The van der Waals surface area contributed by atoms with Gasteiger partial charge in [-0.3, -0.25) is 4.79 Å². The number of likely N-dealkylation sites (N-methyl/N-ethyl adjacent to an activating group) is 1. The maximum atomic E-state index is 13.5. The number of aromatic nitrogens is 3. The van der Waals surface area contributed by atoms with Crippen molar-refractivity contribution in [2.75, 3.05) is 32.7 Å². The molecule has 2 heterocycles. The number of rotatable bonds is 6. The molecule has 8 heteroatoms. The fraction of sp³-hybridized carbons (Fsp3) is 0.471. The minimum Gasteiger partial charge on any atom is -0.484 e. The molecule has 3 rings (SSSR count). The first-order valence-electron chi connectivity index (χ1n) is 8.42. The highest BCUT2D eigenvalue weighted by molar-refractivity contribution is 5.76. The fourth-order valence-electron chi connectivity index (χ4n) is 2.75. The lowest BCUT2D eigenvalue weighted by Gasteiger charge is -2.33. The molecule has 0 N–H and O–H groups in total. The molecule has 1 aromatic heterocycles. The van der Waals surface area contributed by atoms with Crippen LogP contribution in [0.15, 0.2) is 30.5 Å². The van der Waals surface area contributed by atoms with Crippen LogP contribution in [0.5, 0.6) is 5.75 Å². The molecule has 25 heavy (non-hydrogen) atoms. The van der Waals surface area contributed by atoms with Crippen LogP contribution < -0.4 is 4.74 Å². The number of hydrogen-bond acceptors (Lipinski definition) is 5. The second-order valence-corrected chi connectivity index (χ2v) is 5.94. The van der Waals surface area contributed by atoms with Crippen LogP contribution >= 0.6 is 0 Å². The number of carbonyl (C=O) groups excluding carboxylic acids is 1. The zero-order chi connectivity index (χ0) is 17.6. The topological polar surface area (TPSA) is 63.5 Å². The van der Waals surface area contributed by atoms with Gasteiger partial charge >= 0.3 is 0 Å². The zero-order valence-corrected chi connectivity index (χ0v) is 14.3. The number of halogens is 1. The van der Waals surface area contributed by atoms with Crippen molar-refractivity contribution < 1.29 is 13.9 Å². The maximum Gasteiger partial charge on any atom is 0.244 e. The molecule has 1 saturated heterocycles. The van der Waals surface area contributed by atoms with Gasteiger partial charge in [-0.05, 0) is 18.7 Å². The normalized spacial score (nSPS) is 15.4. The summed E-state index contributed by atoms with van der Waals surface area (Å²) in [4.78, 5) is 16.5. The van der Waals surface area contributed by atoms with E-state index in [1.54, 1.807) is 24.4 Å². The summed E-state index contributed by atoms with van der Waals surface area (Å²) in [6.45, 7) is 6.68. The van der Waals surface area contributed by atoms with E-state index >= 15 is 0 Å². The number of carbonyl (C=O) groups is 1. The molecular weight excluding hydrogens is 325 g/mol. The van der Waals surface area contributed by atoms with Crippen molar-refractivity contribution in [1.82, 2.24) is 24.8 Å². The summed E-state index contributed by atoms with van der Waals surface area (Å²) >= 11 is 0. The van der Waals surface area contributed by atoms with E-state index in [2.05, 4.69) is 22.1 Å². The van der Waals surface area contributed by atoms with Gasteiger partial charge in [-0.1, -0.05) is 24.3 Å². The summed E-state index contributed by atoms with van der Waals surface area (Å²) in [7, 11) is 0. The van der Waals surface area contributed by atoms with Crippen LogP contribution in [0.25, 0.3) is 0 Å². The molecule has 134 valence electrons. The summed E-state index contributed by atoms with van der Waals surface area (Å²) in [6.07, 6.45) is 1.65. The SMILES string of the molecule is CCN1CCN(C(=O)Cn2cc(COc3ccccc3F)nn2)CC1. The van der Waals surface area contributed by atoms with Crippen molar-refractivity contribution >= 4 is 5.91 Å². The quantitative estimate of drug-likeness (QED) is 0.785. The third kappa shape index (κ3) is 4.54. The van der Waals surface area contributed by atoms with Gasteiger partial charge in [-0.2, -0.15) is 0 Å². The predicted molar refractivity (Wildman–Crippen MR) is 89.4 cm³/mol. The average Bonchev–Trinajstić information content (AvgIpc) is 3.08. The Bertz CT molecular complexity index is 713. The second-order valence-electron chi connectivity index (χ2n) is 5.94. The van der Waals surface area contributed by atoms with Gasteiger partial charge < -0.3 is 14.5 Å². The van der Waals surface area contributed by atoms with Crippen LogP contribution in [-0.2, 0) is 17.9 Å². The number of hydrogen-bond donors (Lipinski definition) is 0. The number of nitrogens with zero attached hydrogens (tertiary/aromatic N) is 5. The van der Waals surface area contributed by atoms with Crippen LogP contribution in [-0.4, -0.2) is 63.4 Å². The van der Waals surface area contributed by atoms with Crippen molar-refractivity contribution in [1.29, 1.82) is 0 Å². The molecular formula is C17H22FN5O2. The minimum atomic E-state index is -0.420. The Labute approximate surface area is 146 Å². The van der Waals surface area contributed by atoms with Gasteiger partial charge in [-0.15, -0.1) is 5.10 Å². The summed E-state index contributed by atoms with van der Waals surface area (Å²) in [6, 6.07) is 6.19. The van der Waals surface area contributed by atoms with Crippen molar-refractivity contribution in [3.63, 3.8) is 0 Å². The number of amides is 1. The lowest BCUT2D eigenvalue weighted by atomic mass is 10.3. The highest BCUT2D eigenvalue weighted by atomic mass is 19.1. The number of para-hydroxylation sites is 1. The molecule has 1 amide bonds. The number of piperazine rings is 1.